The maximum absolute atomic E-state index is 13.1. The molecule has 0 saturated carbocycles. The zero-order valence-electron chi connectivity index (χ0n) is 58.0. The molecule has 518 valence electrons. The predicted molar refractivity (Wildman–Crippen MR) is 391 cm³/mol. The smallest absolute Gasteiger partial charge is 0.220 e. The molecule has 9 heteroatoms. The first kappa shape index (κ1) is 84.8. The fourth-order valence-corrected chi connectivity index (χ4v) is 10.8. The summed E-state index contributed by atoms with van der Waals surface area (Å²) >= 11 is 0. The van der Waals surface area contributed by atoms with E-state index in [4.69, 9.17) is 9.47 Å². The molecule has 0 radical (unpaired) electrons. The number of allylic oxidation sites excluding steroid dienone is 25. The lowest BCUT2D eigenvalue weighted by Gasteiger charge is -2.40. The lowest BCUT2D eigenvalue weighted by atomic mass is 9.99. The van der Waals surface area contributed by atoms with Gasteiger partial charge in [-0.05, 0) is 116 Å². The minimum Gasteiger partial charge on any atom is -0.394 e. The Balaban J connectivity index is 2.19. The minimum absolute atomic E-state index is 0.209. The van der Waals surface area contributed by atoms with E-state index in [1.54, 1.807) is 6.08 Å². The van der Waals surface area contributed by atoms with Gasteiger partial charge in [-0.3, -0.25) is 4.79 Å². The summed E-state index contributed by atoms with van der Waals surface area (Å²) < 4.78 is 11.3. The number of aliphatic hydroxyl groups is 5. The van der Waals surface area contributed by atoms with E-state index >= 15 is 0 Å². The van der Waals surface area contributed by atoms with Crippen molar-refractivity contribution in [1.82, 2.24) is 5.32 Å². The number of hydrogen-bond donors (Lipinski definition) is 6. The van der Waals surface area contributed by atoms with Crippen molar-refractivity contribution in [3.05, 3.63) is 158 Å². The molecule has 7 atom stereocenters. The van der Waals surface area contributed by atoms with E-state index in [9.17, 15) is 30.3 Å². The maximum atomic E-state index is 13.1. The molecule has 1 rings (SSSR count). The van der Waals surface area contributed by atoms with E-state index in [1.807, 2.05) is 6.08 Å². The van der Waals surface area contributed by atoms with Gasteiger partial charge in [0.2, 0.25) is 5.91 Å². The molecule has 0 bridgehead atoms. The molecule has 1 amide bonds. The van der Waals surface area contributed by atoms with Gasteiger partial charge in [0, 0.05) is 6.42 Å². The normalized spacial score (nSPS) is 18.7. The second-order valence-electron chi connectivity index (χ2n) is 25.0. The Morgan fingerprint density at radius 2 is 0.692 bits per heavy atom. The van der Waals surface area contributed by atoms with Gasteiger partial charge in [-0.25, -0.2) is 0 Å². The Morgan fingerprint density at radius 1 is 0.385 bits per heavy atom. The molecule has 1 aliphatic rings. The molecule has 1 aliphatic heterocycles. The molecular weight excluding hydrogens is 1130 g/mol. The third-order valence-corrected chi connectivity index (χ3v) is 16.6. The van der Waals surface area contributed by atoms with Gasteiger partial charge in [0.1, 0.15) is 24.4 Å². The molecule has 0 aromatic heterocycles. The lowest BCUT2D eigenvalue weighted by Crippen LogP contribution is -2.60. The fraction of sp³-hybridized carbons (Fsp3) is 0.671. The fourth-order valence-electron chi connectivity index (χ4n) is 10.8. The predicted octanol–water partition coefficient (Wildman–Crippen LogP) is 21.1. The zero-order valence-corrected chi connectivity index (χ0v) is 58.0. The molecule has 0 aromatic carbocycles. The van der Waals surface area contributed by atoms with Gasteiger partial charge in [-0.1, -0.05) is 332 Å². The molecule has 9 nitrogen and oxygen atoms in total. The summed E-state index contributed by atoms with van der Waals surface area (Å²) in [6.45, 7) is 3.66. The third-order valence-electron chi connectivity index (χ3n) is 16.6. The van der Waals surface area contributed by atoms with E-state index < -0.39 is 49.5 Å². The van der Waals surface area contributed by atoms with Gasteiger partial charge < -0.3 is 40.3 Å². The number of carbonyl (C=O) groups excluding carboxylic acids is 1. The van der Waals surface area contributed by atoms with Crippen LogP contribution in [0.3, 0.4) is 0 Å². The second-order valence-corrected chi connectivity index (χ2v) is 25.0. The third kappa shape index (κ3) is 57.0. The van der Waals surface area contributed by atoms with Crippen molar-refractivity contribution in [1.29, 1.82) is 0 Å². The average Bonchev–Trinajstić information content (AvgIpc) is 1.33. The minimum atomic E-state index is -1.59. The van der Waals surface area contributed by atoms with Gasteiger partial charge in [0.05, 0.1) is 25.4 Å². The number of hydrogen-bond acceptors (Lipinski definition) is 8. The summed E-state index contributed by atoms with van der Waals surface area (Å²) in [5.41, 5.74) is 0. The largest absolute Gasteiger partial charge is 0.394 e. The molecule has 91 heavy (non-hydrogen) atoms. The van der Waals surface area contributed by atoms with Crippen LogP contribution in [0.4, 0.5) is 0 Å². The Labute approximate surface area is 558 Å². The maximum Gasteiger partial charge on any atom is 0.220 e. The number of carbonyl (C=O) groups is 1. The highest BCUT2D eigenvalue weighted by Gasteiger charge is 2.44. The molecule has 7 unspecified atom stereocenters. The first-order chi connectivity index (χ1) is 44.8. The molecule has 0 aliphatic carbocycles. The van der Waals surface area contributed by atoms with Crippen LogP contribution < -0.4 is 5.32 Å². The molecule has 0 aromatic rings. The Bertz CT molecular complexity index is 2000. The molecular formula is C82H137NO8. The van der Waals surface area contributed by atoms with Crippen LogP contribution in [0.1, 0.15) is 296 Å². The molecule has 1 fully saturated rings. The van der Waals surface area contributed by atoms with Crippen LogP contribution >= 0.6 is 0 Å². The van der Waals surface area contributed by atoms with Crippen molar-refractivity contribution in [2.45, 2.75) is 339 Å². The monoisotopic (exact) mass is 1260 g/mol. The van der Waals surface area contributed by atoms with Gasteiger partial charge in [0.25, 0.3) is 0 Å². The lowest BCUT2D eigenvalue weighted by molar-refractivity contribution is -0.302. The van der Waals surface area contributed by atoms with Crippen molar-refractivity contribution in [2.24, 2.45) is 0 Å². The van der Waals surface area contributed by atoms with Crippen molar-refractivity contribution >= 4 is 5.91 Å². The first-order valence-corrected chi connectivity index (χ1v) is 37.2. The van der Waals surface area contributed by atoms with Crippen LogP contribution in [-0.4, -0.2) is 87.5 Å². The van der Waals surface area contributed by atoms with Crippen LogP contribution in [0.25, 0.3) is 0 Å². The SMILES string of the molecule is CC/C=C\C/C=C\C/C=C\C/C=C\C/C=C\C/C=C\C/C=C\C/C=C\C/C=C\C/C=C\C/C=C\CCCCCCCC(=O)NC(COC1OC(CO)C(O)C(O)C1O)C(O)/C=C/CC/C=C/CCCCCCCCCCCCCCCCCCCCCCCCC. The van der Waals surface area contributed by atoms with Crippen molar-refractivity contribution in [3.63, 3.8) is 0 Å². The number of amides is 1. The highest BCUT2D eigenvalue weighted by atomic mass is 16.7. The van der Waals surface area contributed by atoms with E-state index in [0.717, 1.165) is 128 Å². The van der Waals surface area contributed by atoms with Gasteiger partial charge in [-0.2, -0.15) is 0 Å². The number of rotatable bonds is 63. The summed E-state index contributed by atoms with van der Waals surface area (Å²) in [5.74, 6) is -0.209. The van der Waals surface area contributed by atoms with Crippen molar-refractivity contribution in [2.75, 3.05) is 13.2 Å². The average molecular weight is 1260 g/mol. The highest BCUT2D eigenvalue weighted by Crippen LogP contribution is 2.23. The molecule has 0 spiro atoms. The van der Waals surface area contributed by atoms with E-state index in [-0.39, 0.29) is 12.5 Å². The Morgan fingerprint density at radius 3 is 1.05 bits per heavy atom. The van der Waals surface area contributed by atoms with Crippen LogP contribution in [0.15, 0.2) is 158 Å². The summed E-state index contributed by atoms with van der Waals surface area (Å²) in [6.07, 6.45) is 101. The first-order valence-electron chi connectivity index (χ1n) is 37.2. The summed E-state index contributed by atoms with van der Waals surface area (Å²) in [5, 5.41) is 54.8. The van der Waals surface area contributed by atoms with E-state index in [0.29, 0.717) is 6.42 Å². The summed E-state index contributed by atoms with van der Waals surface area (Å²) in [4.78, 5) is 13.1. The van der Waals surface area contributed by atoms with Gasteiger partial charge in [-0.15, -0.1) is 0 Å². The summed E-state index contributed by atoms with van der Waals surface area (Å²) in [6, 6.07) is -0.847. The number of aliphatic hydroxyl groups excluding tert-OH is 5. The Hall–Kier alpha value is -4.19. The summed E-state index contributed by atoms with van der Waals surface area (Å²) in [7, 11) is 0. The quantitative estimate of drug-likeness (QED) is 0.0261. The number of nitrogens with one attached hydrogen (secondary N) is 1. The zero-order chi connectivity index (χ0) is 65.7. The van der Waals surface area contributed by atoms with Gasteiger partial charge in [0.15, 0.2) is 6.29 Å². The van der Waals surface area contributed by atoms with Crippen LogP contribution in [0.5, 0.6) is 0 Å². The van der Waals surface area contributed by atoms with Crippen molar-refractivity contribution < 1.29 is 39.8 Å². The number of ether oxygens (including phenoxy) is 2. The molecule has 6 N–H and O–H groups in total. The Kier molecular flexibility index (Phi) is 64.0. The molecule has 1 heterocycles. The molecule has 1 saturated heterocycles. The van der Waals surface area contributed by atoms with Crippen LogP contribution in [0.2, 0.25) is 0 Å². The van der Waals surface area contributed by atoms with E-state index in [2.05, 4.69) is 165 Å². The van der Waals surface area contributed by atoms with Crippen LogP contribution in [0, 0.1) is 0 Å². The number of unbranched alkanes of at least 4 members (excludes halogenated alkanes) is 29. The van der Waals surface area contributed by atoms with E-state index in [1.165, 1.54) is 148 Å². The second kappa shape index (κ2) is 68.7. The van der Waals surface area contributed by atoms with Crippen molar-refractivity contribution in [3.8, 4) is 0 Å². The standard InChI is InChI=1S/C82H137NO8/c1-3-5-7-9-11-13-15-17-19-21-23-25-27-29-31-33-34-35-36-37-38-39-40-41-42-44-46-48-50-52-54-56-58-60-62-64-66-68-70-72-78(86)83-75(74-90-82-81(89)80(88)79(87)77(73-84)91-82)76(85)71-69-67-65-63-61-59-57-55-53-51-49-47-45-43-32-30-28-26-24-22-20-18-16-14-12-10-8-6-4-2/h5,7,11,13,17,19,23,25,29,31,34-35,37-38,40-41,44,46,50,52,56,58,61,63,69,71,75-77,79-82,84-85,87-89H,3-4,6,8-10,12,14-16,18,20-22,24,26-28,30,32-33,36,39,42-43,45,47-49,51,53-55,57,59-60,62,64-68,70,72-74H2,1-2H3,(H,83,86)/b7-5-,13-11-,19-17-,25-23-,31-29-,35-34-,38-37-,41-40-,46-44-,52-50-,58-56-,63-61+,71-69+. The van der Waals surface area contributed by atoms with Gasteiger partial charge >= 0.3 is 0 Å². The van der Waals surface area contributed by atoms with Crippen LogP contribution in [-0.2, 0) is 14.3 Å². The topological polar surface area (TPSA) is 149 Å². The highest BCUT2D eigenvalue weighted by molar-refractivity contribution is 5.76.